The van der Waals surface area contributed by atoms with E-state index in [4.69, 9.17) is 15.6 Å². The number of nitrogens with two attached hydrogens (primary N) is 1. The van der Waals surface area contributed by atoms with Gasteiger partial charge in [0.2, 0.25) is 5.91 Å². The van der Waals surface area contributed by atoms with Crippen LogP contribution in [0.25, 0.3) is 21.8 Å². The van der Waals surface area contributed by atoms with Crippen LogP contribution in [0.4, 0.5) is 0 Å². The van der Waals surface area contributed by atoms with E-state index in [2.05, 4.69) is 4.98 Å². The van der Waals surface area contributed by atoms with Gasteiger partial charge in [0.25, 0.3) is 0 Å². The Bertz CT molecular complexity index is 1200. The molecule has 0 aliphatic carbocycles. The molecule has 1 amide bonds. The lowest BCUT2D eigenvalue weighted by Crippen LogP contribution is -2.13. The van der Waals surface area contributed by atoms with Crippen molar-refractivity contribution in [2.75, 3.05) is 6.61 Å². The summed E-state index contributed by atoms with van der Waals surface area (Å²) in [4.78, 5) is 27.9. The molecule has 0 saturated heterocycles. The minimum Gasteiger partial charge on any atom is -0.424 e. The summed E-state index contributed by atoms with van der Waals surface area (Å²) in [5, 5.41) is 10.3. The molecule has 0 spiro atoms. The highest BCUT2D eigenvalue weighted by Crippen LogP contribution is 2.38. The van der Waals surface area contributed by atoms with E-state index in [1.165, 1.54) is 0 Å². The number of ether oxygens (including phenoxy) is 1. The van der Waals surface area contributed by atoms with Crippen LogP contribution in [-0.4, -0.2) is 33.1 Å². The summed E-state index contributed by atoms with van der Waals surface area (Å²) < 4.78 is 7.33. The third-order valence-electron chi connectivity index (χ3n) is 4.56. The summed E-state index contributed by atoms with van der Waals surface area (Å²) in [5.41, 5.74) is 8.47. The van der Waals surface area contributed by atoms with Gasteiger partial charge in [-0.3, -0.25) is 9.78 Å². The standard InChI is InChI=1S/C21H17N3O4/c22-21(27)14-5-1-6-15-19(14)20-16(7-2-8-17(20)28-18(26)12-25)24(15)11-13-4-3-9-23-10-13/h1-10,25H,11-12H2,(H2,22,27). The molecule has 0 unspecified atom stereocenters. The zero-order chi connectivity index (χ0) is 19.7. The van der Waals surface area contributed by atoms with Gasteiger partial charge in [0.15, 0.2) is 0 Å². The Kier molecular flexibility index (Phi) is 4.50. The Morgan fingerprint density at radius 2 is 1.79 bits per heavy atom. The smallest absolute Gasteiger partial charge is 0.337 e. The molecule has 0 aliphatic heterocycles. The summed E-state index contributed by atoms with van der Waals surface area (Å²) >= 11 is 0. The average Bonchev–Trinajstić information content (AvgIpc) is 3.03. The number of pyridine rings is 1. The van der Waals surface area contributed by atoms with Gasteiger partial charge in [0, 0.05) is 29.9 Å². The van der Waals surface area contributed by atoms with Crippen LogP contribution < -0.4 is 10.5 Å². The van der Waals surface area contributed by atoms with E-state index in [0.717, 1.165) is 16.6 Å². The number of benzene rings is 2. The normalized spacial score (nSPS) is 11.0. The Morgan fingerprint density at radius 1 is 1.04 bits per heavy atom. The van der Waals surface area contributed by atoms with Crippen LogP contribution in [0, 0.1) is 0 Å². The highest BCUT2D eigenvalue weighted by atomic mass is 16.5. The predicted octanol–water partition coefficient (Wildman–Crippen LogP) is 2.23. The number of amides is 1. The molecule has 0 atom stereocenters. The lowest BCUT2D eigenvalue weighted by atomic mass is 10.1. The van der Waals surface area contributed by atoms with Gasteiger partial charge in [-0.15, -0.1) is 0 Å². The number of aromatic nitrogens is 2. The number of primary amides is 1. The lowest BCUT2D eigenvalue weighted by Gasteiger charge is -2.08. The number of rotatable bonds is 5. The fourth-order valence-corrected chi connectivity index (χ4v) is 3.44. The maximum atomic E-state index is 12.1. The molecule has 4 rings (SSSR count). The molecule has 7 nitrogen and oxygen atoms in total. The van der Waals surface area contributed by atoms with E-state index in [1.54, 1.807) is 36.7 Å². The molecule has 7 heteroatoms. The van der Waals surface area contributed by atoms with E-state index in [-0.39, 0.29) is 5.75 Å². The molecule has 0 radical (unpaired) electrons. The molecule has 28 heavy (non-hydrogen) atoms. The fourth-order valence-electron chi connectivity index (χ4n) is 3.44. The summed E-state index contributed by atoms with van der Waals surface area (Å²) in [6, 6.07) is 14.4. The number of hydrogen-bond acceptors (Lipinski definition) is 5. The number of aliphatic hydroxyl groups excluding tert-OH is 1. The number of aliphatic hydroxyl groups is 1. The first-order valence-corrected chi connectivity index (χ1v) is 8.64. The van der Waals surface area contributed by atoms with Crippen molar-refractivity contribution in [1.82, 2.24) is 9.55 Å². The van der Waals surface area contributed by atoms with Crippen molar-refractivity contribution in [2.45, 2.75) is 6.54 Å². The van der Waals surface area contributed by atoms with E-state index in [9.17, 15) is 9.59 Å². The number of nitrogens with zero attached hydrogens (tertiary/aromatic N) is 2. The lowest BCUT2D eigenvalue weighted by molar-refractivity contribution is -0.137. The molecule has 0 bridgehead atoms. The number of fused-ring (bicyclic) bond motifs is 3. The van der Waals surface area contributed by atoms with Gasteiger partial charge >= 0.3 is 5.97 Å². The van der Waals surface area contributed by atoms with Crippen molar-refractivity contribution in [3.05, 3.63) is 72.1 Å². The summed E-state index contributed by atoms with van der Waals surface area (Å²) in [7, 11) is 0. The monoisotopic (exact) mass is 375 g/mol. The second-order valence-corrected chi connectivity index (χ2v) is 6.29. The number of carbonyl (C=O) groups is 2. The largest absolute Gasteiger partial charge is 0.424 e. The Morgan fingerprint density at radius 3 is 2.46 bits per heavy atom. The van der Waals surface area contributed by atoms with Gasteiger partial charge in [-0.05, 0) is 35.9 Å². The first-order chi connectivity index (χ1) is 13.6. The van der Waals surface area contributed by atoms with Gasteiger partial charge < -0.3 is 20.1 Å². The van der Waals surface area contributed by atoms with E-state index in [1.807, 2.05) is 28.8 Å². The Labute approximate surface area is 160 Å². The van der Waals surface area contributed by atoms with E-state index in [0.29, 0.717) is 22.9 Å². The van der Waals surface area contributed by atoms with Gasteiger partial charge in [0.05, 0.1) is 16.4 Å². The second-order valence-electron chi connectivity index (χ2n) is 6.29. The topological polar surface area (TPSA) is 107 Å². The molecule has 2 heterocycles. The minimum atomic E-state index is -0.780. The molecule has 0 saturated carbocycles. The van der Waals surface area contributed by atoms with Gasteiger partial charge in [-0.2, -0.15) is 0 Å². The molecule has 0 aliphatic rings. The molecule has 2 aromatic heterocycles. The Balaban J connectivity index is 2.06. The molecule has 0 fully saturated rings. The van der Waals surface area contributed by atoms with Crippen LogP contribution in [-0.2, 0) is 11.3 Å². The van der Waals surface area contributed by atoms with Gasteiger partial charge in [-0.1, -0.05) is 18.2 Å². The quantitative estimate of drug-likeness (QED) is 0.411. The molecule has 4 aromatic rings. The number of carbonyl (C=O) groups excluding carboxylic acids is 2. The van der Waals surface area contributed by atoms with Crippen LogP contribution in [0.5, 0.6) is 5.75 Å². The number of hydrogen-bond donors (Lipinski definition) is 2. The highest BCUT2D eigenvalue weighted by Gasteiger charge is 2.20. The first-order valence-electron chi connectivity index (χ1n) is 8.64. The Hall–Kier alpha value is -3.71. The SMILES string of the molecule is NC(=O)c1cccc2c1c1c(OC(=O)CO)cccc1n2Cc1cccnc1. The fraction of sp³-hybridized carbons (Fsp3) is 0.0952. The number of esters is 1. The third-order valence-corrected chi connectivity index (χ3v) is 4.56. The molecule has 3 N–H and O–H groups in total. The zero-order valence-electron chi connectivity index (χ0n) is 14.8. The van der Waals surface area contributed by atoms with Gasteiger partial charge in [-0.25, -0.2) is 4.79 Å². The van der Waals surface area contributed by atoms with Crippen LogP contribution in [0.3, 0.4) is 0 Å². The minimum absolute atomic E-state index is 0.264. The molecular weight excluding hydrogens is 358 g/mol. The van der Waals surface area contributed by atoms with Crippen molar-refractivity contribution in [1.29, 1.82) is 0 Å². The van der Waals surface area contributed by atoms with Gasteiger partial charge in [0.1, 0.15) is 12.4 Å². The third kappa shape index (κ3) is 2.97. The average molecular weight is 375 g/mol. The van der Waals surface area contributed by atoms with Crippen molar-refractivity contribution < 1.29 is 19.4 Å². The predicted molar refractivity (Wildman–Crippen MR) is 104 cm³/mol. The molecular formula is C21H17N3O4. The zero-order valence-corrected chi connectivity index (χ0v) is 14.8. The highest BCUT2D eigenvalue weighted by molar-refractivity contribution is 6.20. The van der Waals surface area contributed by atoms with Crippen molar-refractivity contribution in [3.63, 3.8) is 0 Å². The van der Waals surface area contributed by atoms with Crippen LogP contribution >= 0.6 is 0 Å². The maximum Gasteiger partial charge on any atom is 0.337 e. The second kappa shape index (κ2) is 7.13. The van der Waals surface area contributed by atoms with Crippen molar-refractivity contribution in [2.24, 2.45) is 5.73 Å². The van der Waals surface area contributed by atoms with E-state index < -0.39 is 18.5 Å². The van der Waals surface area contributed by atoms with Crippen LogP contribution in [0.15, 0.2) is 60.9 Å². The maximum absolute atomic E-state index is 12.1. The molecule has 2 aromatic carbocycles. The first kappa shape index (κ1) is 17.7. The molecule has 140 valence electrons. The summed E-state index contributed by atoms with van der Waals surface area (Å²) in [5.74, 6) is -1.09. The van der Waals surface area contributed by atoms with Crippen LogP contribution in [0.1, 0.15) is 15.9 Å². The van der Waals surface area contributed by atoms with Crippen molar-refractivity contribution in [3.8, 4) is 5.75 Å². The van der Waals surface area contributed by atoms with E-state index >= 15 is 0 Å². The summed E-state index contributed by atoms with van der Waals surface area (Å²) in [6.45, 7) is -0.235. The van der Waals surface area contributed by atoms with Crippen LogP contribution in [0.2, 0.25) is 0 Å². The van der Waals surface area contributed by atoms with Crippen molar-refractivity contribution >= 4 is 33.7 Å². The summed E-state index contributed by atoms with van der Waals surface area (Å²) in [6.07, 6.45) is 3.47.